The summed E-state index contributed by atoms with van der Waals surface area (Å²) in [5, 5.41) is 9.99. The number of methoxy groups -OCH3 is 1. The van der Waals surface area contributed by atoms with E-state index in [1.54, 1.807) is 7.11 Å². The van der Waals surface area contributed by atoms with Crippen LogP contribution < -0.4 is 10.5 Å². The Kier molecular flexibility index (Phi) is 4.33. The molecule has 0 bridgehead atoms. The fraction of sp³-hybridized carbons (Fsp3) is 0.538. The first kappa shape index (κ1) is 13.0. The SMILES string of the molecule is COc1c(C)cc(C(O)CCN)c(C)c1C. The molecule has 0 saturated heterocycles. The van der Waals surface area contributed by atoms with Crippen LogP contribution in [0.3, 0.4) is 0 Å². The number of hydrogen-bond donors (Lipinski definition) is 2. The molecule has 0 heterocycles. The highest BCUT2D eigenvalue weighted by molar-refractivity contribution is 5.49. The Hall–Kier alpha value is -1.06. The van der Waals surface area contributed by atoms with Crippen LogP contribution in [0.1, 0.15) is 34.8 Å². The zero-order valence-electron chi connectivity index (χ0n) is 10.5. The second-order valence-electron chi connectivity index (χ2n) is 4.16. The number of nitrogens with two attached hydrogens (primary N) is 1. The molecule has 0 amide bonds. The zero-order chi connectivity index (χ0) is 12.3. The van der Waals surface area contributed by atoms with Gasteiger partial charge in [0, 0.05) is 0 Å². The zero-order valence-corrected chi connectivity index (χ0v) is 10.5. The Balaban J connectivity index is 3.22. The summed E-state index contributed by atoms with van der Waals surface area (Å²) in [6, 6.07) is 1.99. The van der Waals surface area contributed by atoms with Crippen molar-refractivity contribution in [2.24, 2.45) is 5.73 Å². The van der Waals surface area contributed by atoms with Crippen molar-refractivity contribution in [3.8, 4) is 5.75 Å². The average molecular weight is 223 g/mol. The Morgan fingerprint density at radius 1 is 1.31 bits per heavy atom. The number of aliphatic hydroxyl groups excluding tert-OH is 1. The van der Waals surface area contributed by atoms with E-state index in [4.69, 9.17) is 10.5 Å². The lowest BCUT2D eigenvalue weighted by Gasteiger charge is -2.19. The van der Waals surface area contributed by atoms with Crippen molar-refractivity contribution in [1.29, 1.82) is 0 Å². The van der Waals surface area contributed by atoms with Crippen molar-refractivity contribution < 1.29 is 9.84 Å². The molecule has 0 fully saturated rings. The van der Waals surface area contributed by atoms with Crippen LogP contribution in [0.4, 0.5) is 0 Å². The minimum atomic E-state index is -0.478. The van der Waals surface area contributed by atoms with E-state index in [1.807, 2.05) is 26.8 Å². The van der Waals surface area contributed by atoms with Gasteiger partial charge in [-0.3, -0.25) is 0 Å². The van der Waals surface area contributed by atoms with Gasteiger partial charge in [-0.05, 0) is 62.1 Å². The van der Waals surface area contributed by atoms with Gasteiger partial charge in [-0.1, -0.05) is 0 Å². The molecule has 0 aromatic heterocycles. The highest BCUT2D eigenvalue weighted by atomic mass is 16.5. The van der Waals surface area contributed by atoms with Gasteiger partial charge in [-0.25, -0.2) is 0 Å². The van der Waals surface area contributed by atoms with Gasteiger partial charge in [-0.15, -0.1) is 0 Å². The Labute approximate surface area is 97.2 Å². The highest BCUT2D eigenvalue weighted by Gasteiger charge is 2.15. The predicted octanol–water partition coefficient (Wildman–Crippen LogP) is 2.00. The lowest BCUT2D eigenvalue weighted by molar-refractivity contribution is 0.169. The van der Waals surface area contributed by atoms with Crippen molar-refractivity contribution in [2.75, 3.05) is 13.7 Å². The van der Waals surface area contributed by atoms with Gasteiger partial charge in [-0.2, -0.15) is 0 Å². The van der Waals surface area contributed by atoms with Gasteiger partial charge in [0.05, 0.1) is 13.2 Å². The molecule has 0 spiro atoms. The second-order valence-corrected chi connectivity index (χ2v) is 4.16. The number of benzene rings is 1. The van der Waals surface area contributed by atoms with Crippen LogP contribution in [0, 0.1) is 20.8 Å². The molecular formula is C13H21NO2. The van der Waals surface area contributed by atoms with Gasteiger partial charge in [0.25, 0.3) is 0 Å². The molecule has 0 radical (unpaired) electrons. The molecule has 1 unspecified atom stereocenters. The monoisotopic (exact) mass is 223 g/mol. The molecule has 16 heavy (non-hydrogen) atoms. The summed E-state index contributed by atoms with van der Waals surface area (Å²) in [5.41, 5.74) is 9.65. The summed E-state index contributed by atoms with van der Waals surface area (Å²) in [7, 11) is 1.67. The molecule has 3 heteroatoms. The largest absolute Gasteiger partial charge is 0.496 e. The lowest BCUT2D eigenvalue weighted by atomic mass is 9.94. The summed E-state index contributed by atoms with van der Waals surface area (Å²) >= 11 is 0. The van der Waals surface area contributed by atoms with E-state index < -0.39 is 6.10 Å². The maximum absolute atomic E-state index is 9.99. The number of ether oxygens (including phenoxy) is 1. The normalized spacial score (nSPS) is 12.6. The molecule has 1 aromatic carbocycles. The first-order valence-corrected chi connectivity index (χ1v) is 5.55. The van der Waals surface area contributed by atoms with E-state index in [1.165, 1.54) is 0 Å². The third-order valence-electron chi connectivity index (χ3n) is 3.07. The van der Waals surface area contributed by atoms with Crippen molar-refractivity contribution in [2.45, 2.75) is 33.3 Å². The molecule has 1 aromatic rings. The van der Waals surface area contributed by atoms with E-state index >= 15 is 0 Å². The van der Waals surface area contributed by atoms with Crippen LogP contribution in [-0.4, -0.2) is 18.8 Å². The van der Waals surface area contributed by atoms with Crippen molar-refractivity contribution in [3.05, 3.63) is 28.3 Å². The highest BCUT2D eigenvalue weighted by Crippen LogP contribution is 2.32. The molecule has 0 saturated carbocycles. The summed E-state index contributed by atoms with van der Waals surface area (Å²) in [5.74, 6) is 0.904. The average Bonchev–Trinajstić information content (AvgIpc) is 2.24. The minimum Gasteiger partial charge on any atom is -0.496 e. The summed E-state index contributed by atoms with van der Waals surface area (Å²) in [6.07, 6.45) is 0.111. The molecule has 3 nitrogen and oxygen atoms in total. The predicted molar refractivity (Wildman–Crippen MR) is 65.8 cm³/mol. The van der Waals surface area contributed by atoms with E-state index in [0.717, 1.165) is 28.0 Å². The van der Waals surface area contributed by atoms with Gasteiger partial charge >= 0.3 is 0 Å². The van der Waals surface area contributed by atoms with Crippen molar-refractivity contribution in [3.63, 3.8) is 0 Å². The van der Waals surface area contributed by atoms with Crippen LogP contribution in [-0.2, 0) is 0 Å². The maximum Gasteiger partial charge on any atom is 0.124 e. The van der Waals surface area contributed by atoms with Gasteiger partial charge in [0.2, 0.25) is 0 Å². The molecule has 1 rings (SSSR count). The van der Waals surface area contributed by atoms with Gasteiger partial charge < -0.3 is 15.6 Å². The first-order chi connectivity index (χ1) is 7.52. The number of hydrogen-bond acceptors (Lipinski definition) is 3. The Morgan fingerprint density at radius 3 is 2.44 bits per heavy atom. The molecule has 3 N–H and O–H groups in total. The summed E-state index contributed by atoms with van der Waals surface area (Å²) in [6.45, 7) is 6.50. The van der Waals surface area contributed by atoms with Crippen LogP contribution in [0.5, 0.6) is 5.75 Å². The van der Waals surface area contributed by atoms with Crippen LogP contribution >= 0.6 is 0 Å². The first-order valence-electron chi connectivity index (χ1n) is 5.55. The van der Waals surface area contributed by atoms with Gasteiger partial charge in [0.15, 0.2) is 0 Å². The number of rotatable bonds is 4. The van der Waals surface area contributed by atoms with E-state index in [2.05, 4.69) is 0 Å². The third kappa shape index (κ3) is 2.36. The quantitative estimate of drug-likeness (QED) is 0.821. The molecular weight excluding hydrogens is 202 g/mol. The Bertz CT molecular complexity index is 375. The lowest BCUT2D eigenvalue weighted by Crippen LogP contribution is -2.09. The molecule has 0 aliphatic heterocycles. The third-order valence-corrected chi connectivity index (χ3v) is 3.07. The smallest absolute Gasteiger partial charge is 0.124 e. The van der Waals surface area contributed by atoms with E-state index in [0.29, 0.717) is 13.0 Å². The number of aryl methyl sites for hydroxylation is 1. The molecule has 0 aliphatic rings. The molecule has 90 valence electrons. The fourth-order valence-electron chi connectivity index (χ4n) is 2.06. The molecule has 1 atom stereocenters. The van der Waals surface area contributed by atoms with Crippen LogP contribution in [0.2, 0.25) is 0 Å². The second kappa shape index (κ2) is 5.32. The minimum absolute atomic E-state index is 0.478. The van der Waals surface area contributed by atoms with Crippen molar-refractivity contribution in [1.82, 2.24) is 0 Å². The van der Waals surface area contributed by atoms with E-state index in [9.17, 15) is 5.11 Å². The van der Waals surface area contributed by atoms with Gasteiger partial charge in [0.1, 0.15) is 5.75 Å². The molecule has 0 aliphatic carbocycles. The summed E-state index contributed by atoms with van der Waals surface area (Å²) < 4.78 is 5.34. The Morgan fingerprint density at radius 2 is 1.94 bits per heavy atom. The van der Waals surface area contributed by atoms with Crippen LogP contribution in [0.15, 0.2) is 6.07 Å². The maximum atomic E-state index is 9.99. The fourth-order valence-corrected chi connectivity index (χ4v) is 2.06. The van der Waals surface area contributed by atoms with Crippen LogP contribution in [0.25, 0.3) is 0 Å². The number of aliphatic hydroxyl groups is 1. The summed E-state index contributed by atoms with van der Waals surface area (Å²) in [4.78, 5) is 0. The van der Waals surface area contributed by atoms with Crippen molar-refractivity contribution >= 4 is 0 Å². The topological polar surface area (TPSA) is 55.5 Å². The van der Waals surface area contributed by atoms with E-state index in [-0.39, 0.29) is 0 Å². The standard InChI is InChI=1S/C13H21NO2/c1-8-7-11(12(15)5-6-14)9(2)10(3)13(8)16-4/h7,12,15H,5-6,14H2,1-4H3.